The first-order valence-electron chi connectivity index (χ1n) is 11.5. The van der Waals surface area contributed by atoms with Crippen molar-refractivity contribution in [2.24, 2.45) is 0 Å². The number of urea groups is 1. The lowest BCUT2D eigenvalue weighted by atomic mass is 10.1. The van der Waals surface area contributed by atoms with Gasteiger partial charge in [0.1, 0.15) is 11.6 Å². The molecular formula is C23H29FN6O5. The van der Waals surface area contributed by atoms with Crippen LogP contribution in [0.2, 0.25) is 0 Å². The van der Waals surface area contributed by atoms with E-state index in [1.165, 1.54) is 12.1 Å². The lowest BCUT2D eigenvalue weighted by molar-refractivity contribution is 0.0980. The third kappa shape index (κ3) is 5.43. The maximum atomic E-state index is 14.8. The van der Waals surface area contributed by atoms with Crippen LogP contribution in [0.25, 0.3) is 11.4 Å². The number of nitrogens with zero attached hydrogens (tertiary/aromatic N) is 4. The van der Waals surface area contributed by atoms with E-state index in [1.54, 1.807) is 17.9 Å². The first kappa shape index (κ1) is 24.6. The Morgan fingerprint density at radius 1 is 1.31 bits per heavy atom. The van der Waals surface area contributed by atoms with Gasteiger partial charge >= 0.3 is 12.1 Å². The summed E-state index contributed by atoms with van der Waals surface area (Å²) >= 11 is 0. The molecule has 1 aromatic carbocycles. The highest BCUT2D eigenvalue weighted by Crippen LogP contribution is 2.34. The molecule has 4 rings (SSSR count). The average molecular weight is 489 g/mol. The third-order valence-electron chi connectivity index (χ3n) is 5.80. The number of nitrogens with one attached hydrogen (secondary N) is 2. The van der Waals surface area contributed by atoms with Crippen LogP contribution in [-0.2, 0) is 22.6 Å². The standard InChI is InChI=1S/C23H29FN6O5/c1-3-35-23(33)29-11-16-19(12-29)26-20(28-21(16)30-7-9-34-13-14(30)2)15-4-5-18(17(24)10-15)27-22(32)25-6-8-31/h4-5,10,14,31H,3,6-9,11-13H2,1-2H3,(H2,25,27,32). The molecule has 3 N–H and O–H groups in total. The van der Waals surface area contributed by atoms with Gasteiger partial charge in [-0.2, -0.15) is 0 Å². The van der Waals surface area contributed by atoms with Crippen LogP contribution < -0.4 is 15.5 Å². The topological polar surface area (TPSA) is 129 Å². The lowest BCUT2D eigenvalue weighted by Gasteiger charge is -2.35. The number of morpholine rings is 1. The van der Waals surface area contributed by atoms with Gasteiger partial charge in [-0.3, -0.25) is 4.90 Å². The fourth-order valence-corrected chi connectivity index (χ4v) is 4.08. The molecule has 0 spiro atoms. The number of benzene rings is 1. The molecule has 188 valence electrons. The highest BCUT2D eigenvalue weighted by Gasteiger charge is 2.33. The number of carbonyl (C=O) groups excluding carboxylic acids is 2. The quantitative estimate of drug-likeness (QED) is 0.564. The van der Waals surface area contributed by atoms with Crippen molar-refractivity contribution in [3.05, 3.63) is 35.3 Å². The van der Waals surface area contributed by atoms with Crippen molar-refractivity contribution in [1.82, 2.24) is 20.2 Å². The number of fused-ring (bicyclic) bond motifs is 1. The molecule has 35 heavy (non-hydrogen) atoms. The molecule has 2 aliphatic heterocycles. The van der Waals surface area contributed by atoms with Gasteiger partial charge in [-0.15, -0.1) is 0 Å². The number of carbonyl (C=O) groups is 2. The van der Waals surface area contributed by atoms with Crippen LogP contribution in [0.15, 0.2) is 18.2 Å². The Kier molecular flexibility index (Phi) is 7.61. The summed E-state index contributed by atoms with van der Waals surface area (Å²) in [5, 5.41) is 13.6. The average Bonchev–Trinajstić information content (AvgIpc) is 3.28. The fourth-order valence-electron chi connectivity index (χ4n) is 4.08. The van der Waals surface area contributed by atoms with Crippen molar-refractivity contribution in [1.29, 1.82) is 0 Å². The number of aliphatic hydroxyl groups excluding tert-OH is 1. The minimum Gasteiger partial charge on any atom is -0.450 e. The van der Waals surface area contributed by atoms with Crippen LogP contribution in [0.3, 0.4) is 0 Å². The maximum absolute atomic E-state index is 14.8. The highest BCUT2D eigenvalue weighted by atomic mass is 19.1. The number of rotatable bonds is 6. The highest BCUT2D eigenvalue weighted by molar-refractivity contribution is 5.89. The molecule has 11 nitrogen and oxygen atoms in total. The summed E-state index contributed by atoms with van der Waals surface area (Å²) < 4.78 is 25.6. The van der Waals surface area contributed by atoms with E-state index in [0.717, 1.165) is 5.56 Å². The summed E-state index contributed by atoms with van der Waals surface area (Å²) in [5.41, 5.74) is 1.95. The molecule has 3 heterocycles. The predicted molar refractivity (Wildman–Crippen MR) is 125 cm³/mol. The number of ether oxygens (including phenoxy) is 2. The molecule has 1 saturated heterocycles. The lowest BCUT2D eigenvalue weighted by Crippen LogP contribution is -2.44. The summed E-state index contributed by atoms with van der Waals surface area (Å²) in [6.45, 7) is 6.21. The Morgan fingerprint density at radius 3 is 2.86 bits per heavy atom. The molecule has 2 aromatic rings. The molecule has 1 atom stereocenters. The number of aliphatic hydroxyl groups is 1. The number of halogens is 1. The van der Waals surface area contributed by atoms with E-state index in [9.17, 15) is 14.0 Å². The molecule has 0 saturated carbocycles. The Hall–Kier alpha value is -3.51. The van der Waals surface area contributed by atoms with Crippen molar-refractivity contribution < 1.29 is 28.6 Å². The number of amides is 3. The second-order valence-electron chi connectivity index (χ2n) is 8.27. The number of anilines is 2. The Balaban J connectivity index is 1.67. The van der Waals surface area contributed by atoms with Crippen molar-refractivity contribution in [3.63, 3.8) is 0 Å². The zero-order chi connectivity index (χ0) is 24.9. The van der Waals surface area contributed by atoms with Gasteiger partial charge in [0, 0.05) is 24.2 Å². The fraction of sp³-hybridized carbons (Fsp3) is 0.478. The van der Waals surface area contributed by atoms with E-state index in [2.05, 4.69) is 20.5 Å². The van der Waals surface area contributed by atoms with E-state index < -0.39 is 17.9 Å². The summed E-state index contributed by atoms with van der Waals surface area (Å²) in [4.78, 5) is 37.3. The number of aromatic nitrogens is 2. The van der Waals surface area contributed by atoms with Crippen LogP contribution >= 0.6 is 0 Å². The molecule has 0 aliphatic carbocycles. The van der Waals surface area contributed by atoms with Crippen molar-refractivity contribution in [3.8, 4) is 11.4 Å². The van der Waals surface area contributed by atoms with E-state index in [4.69, 9.17) is 19.6 Å². The summed E-state index contributed by atoms with van der Waals surface area (Å²) in [6.07, 6.45) is -0.422. The Bertz CT molecular complexity index is 1100. The summed E-state index contributed by atoms with van der Waals surface area (Å²) in [6, 6.07) is 3.75. The monoisotopic (exact) mass is 488 g/mol. The van der Waals surface area contributed by atoms with Gasteiger partial charge in [0.15, 0.2) is 5.82 Å². The van der Waals surface area contributed by atoms with Crippen LogP contribution in [0.5, 0.6) is 0 Å². The minimum atomic E-state index is -0.653. The predicted octanol–water partition coefficient (Wildman–Crippen LogP) is 2.09. The summed E-state index contributed by atoms with van der Waals surface area (Å²) in [7, 11) is 0. The second kappa shape index (κ2) is 10.8. The maximum Gasteiger partial charge on any atom is 0.410 e. The van der Waals surface area contributed by atoms with Gasteiger partial charge in [0.25, 0.3) is 0 Å². The molecule has 1 unspecified atom stereocenters. The SMILES string of the molecule is CCOC(=O)N1Cc2nc(-c3ccc(NC(=O)NCCO)c(F)c3)nc(N3CCOCC3C)c2C1. The second-order valence-corrected chi connectivity index (χ2v) is 8.27. The number of hydrogen-bond acceptors (Lipinski definition) is 8. The molecule has 2 aliphatic rings. The molecule has 3 amide bonds. The van der Waals surface area contributed by atoms with Gasteiger partial charge in [-0.1, -0.05) is 0 Å². The molecule has 12 heteroatoms. The third-order valence-corrected chi connectivity index (χ3v) is 5.80. The van der Waals surface area contributed by atoms with Crippen LogP contribution in [-0.4, -0.2) is 77.7 Å². The van der Waals surface area contributed by atoms with Crippen LogP contribution in [0.4, 0.5) is 25.5 Å². The zero-order valence-corrected chi connectivity index (χ0v) is 19.7. The van der Waals surface area contributed by atoms with E-state index >= 15 is 0 Å². The van der Waals surface area contributed by atoms with Gasteiger partial charge in [-0.05, 0) is 32.0 Å². The first-order valence-corrected chi connectivity index (χ1v) is 11.5. The Morgan fingerprint density at radius 2 is 2.14 bits per heavy atom. The van der Waals surface area contributed by atoms with Crippen LogP contribution in [0.1, 0.15) is 25.1 Å². The van der Waals surface area contributed by atoms with Gasteiger partial charge in [0.05, 0.1) is 56.9 Å². The van der Waals surface area contributed by atoms with Crippen molar-refractivity contribution in [2.75, 3.05) is 49.7 Å². The van der Waals surface area contributed by atoms with E-state index in [1.807, 2.05) is 6.92 Å². The minimum absolute atomic E-state index is 0.0131. The Labute approximate surface area is 202 Å². The van der Waals surface area contributed by atoms with Gasteiger partial charge < -0.3 is 30.1 Å². The molecule has 0 bridgehead atoms. The van der Waals surface area contributed by atoms with Gasteiger partial charge in [0.2, 0.25) is 0 Å². The molecule has 0 radical (unpaired) electrons. The van der Waals surface area contributed by atoms with Gasteiger partial charge in [-0.25, -0.2) is 23.9 Å². The van der Waals surface area contributed by atoms with E-state index in [0.29, 0.717) is 49.2 Å². The first-order chi connectivity index (χ1) is 16.9. The number of hydrogen-bond donors (Lipinski definition) is 3. The molecule has 1 fully saturated rings. The zero-order valence-electron chi connectivity index (χ0n) is 19.7. The van der Waals surface area contributed by atoms with Crippen molar-refractivity contribution in [2.45, 2.75) is 33.0 Å². The molecule has 1 aromatic heterocycles. The largest absolute Gasteiger partial charge is 0.450 e. The van der Waals surface area contributed by atoms with Crippen molar-refractivity contribution >= 4 is 23.6 Å². The molecular weight excluding hydrogens is 459 g/mol. The smallest absolute Gasteiger partial charge is 0.410 e. The van der Waals surface area contributed by atoms with Crippen LogP contribution in [0, 0.1) is 5.82 Å². The van der Waals surface area contributed by atoms with E-state index in [-0.39, 0.29) is 38.0 Å². The normalized spacial score (nSPS) is 17.2. The summed E-state index contributed by atoms with van der Waals surface area (Å²) in [5.74, 6) is 0.358.